The number of alkyl halides is 1. The molecule has 19 heavy (non-hydrogen) atoms. The summed E-state index contributed by atoms with van der Waals surface area (Å²) >= 11 is 5.87. The molecule has 1 aromatic rings. The van der Waals surface area contributed by atoms with Crippen molar-refractivity contribution in [3.8, 4) is 0 Å². The lowest BCUT2D eigenvalue weighted by Gasteiger charge is -2.27. The molecular weight excluding hydrogens is 282 g/mol. The molecule has 0 saturated carbocycles. The Morgan fingerprint density at radius 1 is 1.32 bits per heavy atom. The predicted octanol–water partition coefficient (Wildman–Crippen LogP) is 3.38. The molecule has 2 unspecified atom stereocenters. The van der Waals surface area contributed by atoms with Crippen LogP contribution in [-0.2, 0) is 15.9 Å². The van der Waals surface area contributed by atoms with E-state index in [9.17, 15) is 8.42 Å². The highest BCUT2D eigenvalue weighted by molar-refractivity contribution is 7.89. The minimum Gasteiger partial charge on any atom is -0.207 e. The Bertz CT molecular complexity index is 544. The van der Waals surface area contributed by atoms with Gasteiger partial charge in [0.2, 0.25) is 10.0 Å². The van der Waals surface area contributed by atoms with Gasteiger partial charge in [-0.25, -0.2) is 8.42 Å². The molecule has 1 aromatic carbocycles. The largest absolute Gasteiger partial charge is 0.243 e. The van der Waals surface area contributed by atoms with E-state index in [0.29, 0.717) is 10.5 Å². The van der Waals surface area contributed by atoms with Gasteiger partial charge in [-0.1, -0.05) is 25.1 Å². The molecule has 1 fully saturated rings. The van der Waals surface area contributed by atoms with Gasteiger partial charge in [-0.15, -0.1) is 11.6 Å². The SMILES string of the molecule is CCC1CCC(C)N1S(=O)(=O)c1ccccc1CCl. The second kappa shape index (κ2) is 5.81. The Kier molecular flexibility index (Phi) is 4.54. The fraction of sp³-hybridized carbons (Fsp3) is 0.571. The van der Waals surface area contributed by atoms with E-state index in [-0.39, 0.29) is 18.0 Å². The van der Waals surface area contributed by atoms with Crippen LogP contribution in [0.15, 0.2) is 29.2 Å². The Hall–Kier alpha value is -0.580. The van der Waals surface area contributed by atoms with Crippen molar-refractivity contribution in [2.75, 3.05) is 0 Å². The molecule has 1 saturated heterocycles. The van der Waals surface area contributed by atoms with Crippen LogP contribution in [0.2, 0.25) is 0 Å². The van der Waals surface area contributed by atoms with E-state index in [2.05, 4.69) is 0 Å². The molecule has 1 heterocycles. The van der Waals surface area contributed by atoms with Gasteiger partial charge in [0.15, 0.2) is 0 Å². The van der Waals surface area contributed by atoms with Crippen LogP contribution >= 0.6 is 11.6 Å². The van der Waals surface area contributed by atoms with Crippen LogP contribution in [0.3, 0.4) is 0 Å². The summed E-state index contributed by atoms with van der Waals surface area (Å²) in [5.74, 6) is 0.217. The molecule has 0 radical (unpaired) electrons. The van der Waals surface area contributed by atoms with Gasteiger partial charge >= 0.3 is 0 Å². The Labute approximate surface area is 120 Å². The van der Waals surface area contributed by atoms with Gasteiger partial charge in [-0.2, -0.15) is 4.31 Å². The first-order valence-electron chi connectivity index (χ1n) is 6.69. The van der Waals surface area contributed by atoms with Crippen molar-refractivity contribution >= 4 is 21.6 Å². The maximum absolute atomic E-state index is 12.9. The van der Waals surface area contributed by atoms with Crippen LogP contribution in [0.5, 0.6) is 0 Å². The first-order valence-corrected chi connectivity index (χ1v) is 8.67. The number of sulfonamides is 1. The van der Waals surface area contributed by atoms with E-state index in [1.807, 2.05) is 19.9 Å². The van der Waals surface area contributed by atoms with E-state index in [4.69, 9.17) is 11.6 Å². The second-order valence-corrected chi connectivity index (χ2v) is 7.14. The van der Waals surface area contributed by atoms with Crippen molar-refractivity contribution < 1.29 is 8.42 Å². The summed E-state index contributed by atoms with van der Waals surface area (Å²) < 4.78 is 27.4. The maximum Gasteiger partial charge on any atom is 0.243 e. The first-order chi connectivity index (χ1) is 9.02. The number of hydrogen-bond donors (Lipinski definition) is 0. The molecule has 1 aliphatic rings. The topological polar surface area (TPSA) is 37.4 Å². The van der Waals surface area contributed by atoms with E-state index in [1.54, 1.807) is 22.5 Å². The summed E-state index contributed by atoms with van der Waals surface area (Å²) in [4.78, 5) is 0.359. The van der Waals surface area contributed by atoms with Crippen LogP contribution in [0.4, 0.5) is 0 Å². The lowest BCUT2D eigenvalue weighted by molar-refractivity contribution is 0.328. The normalized spacial score (nSPS) is 24.8. The van der Waals surface area contributed by atoms with Crippen molar-refractivity contribution in [2.45, 2.75) is 56.0 Å². The summed E-state index contributed by atoms with van der Waals surface area (Å²) in [5, 5.41) is 0. The number of halogens is 1. The number of nitrogens with zero attached hydrogens (tertiary/aromatic N) is 1. The van der Waals surface area contributed by atoms with Gasteiger partial charge in [0.05, 0.1) is 4.90 Å². The molecule has 0 spiro atoms. The molecule has 0 aromatic heterocycles. The molecule has 0 aliphatic carbocycles. The third-order valence-corrected chi connectivity index (χ3v) is 6.31. The summed E-state index contributed by atoms with van der Waals surface area (Å²) in [5.41, 5.74) is 0.679. The Morgan fingerprint density at radius 2 is 2.00 bits per heavy atom. The van der Waals surface area contributed by atoms with E-state index < -0.39 is 10.0 Å². The zero-order valence-electron chi connectivity index (χ0n) is 11.3. The van der Waals surface area contributed by atoms with Gasteiger partial charge in [0.1, 0.15) is 0 Å². The minimum atomic E-state index is -3.44. The van der Waals surface area contributed by atoms with Crippen molar-refractivity contribution in [3.05, 3.63) is 29.8 Å². The third-order valence-electron chi connectivity index (χ3n) is 3.86. The van der Waals surface area contributed by atoms with Gasteiger partial charge in [-0.05, 0) is 37.8 Å². The smallest absolute Gasteiger partial charge is 0.207 e. The highest BCUT2D eigenvalue weighted by Crippen LogP contribution is 2.33. The number of benzene rings is 1. The zero-order chi connectivity index (χ0) is 14.0. The van der Waals surface area contributed by atoms with E-state index in [1.165, 1.54) is 0 Å². The maximum atomic E-state index is 12.9. The Balaban J connectivity index is 2.47. The summed E-state index contributed by atoms with van der Waals surface area (Å²) in [6, 6.07) is 7.19. The Morgan fingerprint density at radius 3 is 2.63 bits per heavy atom. The summed E-state index contributed by atoms with van der Waals surface area (Å²) in [6.07, 6.45) is 2.73. The summed E-state index contributed by atoms with van der Waals surface area (Å²) in [7, 11) is -3.44. The lowest BCUT2D eigenvalue weighted by Crippen LogP contribution is -2.39. The van der Waals surface area contributed by atoms with Gasteiger partial charge in [-0.3, -0.25) is 0 Å². The molecule has 0 amide bonds. The van der Waals surface area contributed by atoms with Crippen LogP contribution in [0, 0.1) is 0 Å². The monoisotopic (exact) mass is 301 g/mol. The van der Waals surface area contributed by atoms with Gasteiger partial charge in [0, 0.05) is 18.0 Å². The molecule has 0 bridgehead atoms. The van der Waals surface area contributed by atoms with Gasteiger partial charge in [0.25, 0.3) is 0 Å². The molecule has 3 nitrogen and oxygen atoms in total. The zero-order valence-corrected chi connectivity index (χ0v) is 12.9. The van der Waals surface area contributed by atoms with Crippen LogP contribution in [0.25, 0.3) is 0 Å². The van der Waals surface area contributed by atoms with Gasteiger partial charge < -0.3 is 0 Å². The van der Waals surface area contributed by atoms with Crippen molar-refractivity contribution in [1.29, 1.82) is 0 Å². The predicted molar refractivity (Wildman–Crippen MR) is 77.8 cm³/mol. The van der Waals surface area contributed by atoms with Crippen molar-refractivity contribution in [2.24, 2.45) is 0 Å². The molecule has 2 atom stereocenters. The molecule has 2 rings (SSSR count). The second-order valence-electron chi connectivity index (χ2n) is 5.06. The fourth-order valence-electron chi connectivity index (χ4n) is 2.84. The van der Waals surface area contributed by atoms with Crippen molar-refractivity contribution in [3.63, 3.8) is 0 Å². The highest BCUT2D eigenvalue weighted by atomic mass is 35.5. The quantitative estimate of drug-likeness (QED) is 0.800. The van der Waals surface area contributed by atoms with E-state index >= 15 is 0 Å². The fourth-order valence-corrected chi connectivity index (χ4v) is 5.33. The lowest BCUT2D eigenvalue weighted by atomic mass is 10.2. The van der Waals surface area contributed by atoms with Crippen LogP contribution in [-0.4, -0.2) is 24.8 Å². The molecular formula is C14H20ClNO2S. The third kappa shape index (κ3) is 2.67. The van der Waals surface area contributed by atoms with Crippen molar-refractivity contribution in [1.82, 2.24) is 4.31 Å². The highest BCUT2D eigenvalue weighted by Gasteiger charge is 2.39. The van der Waals surface area contributed by atoms with Crippen LogP contribution < -0.4 is 0 Å². The standard InChI is InChI=1S/C14H20ClNO2S/c1-3-13-9-8-11(2)16(13)19(17,18)14-7-5-4-6-12(14)10-15/h4-7,11,13H,3,8-10H2,1-2H3. The first kappa shape index (κ1) is 14.8. The summed E-state index contributed by atoms with van der Waals surface area (Å²) in [6.45, 7) is 4.02. The number of hydrogen-bond acceptors (Lipinski definition) is 2. The average Bonchev–Trinajstić information content (AvgIpc) is 2.80. The molecule has 1 aliphatic heterocycles. The molecule has 106 valence electrons. The van der Waals surface area contributed by atoms with Crippen LogP contribution in [0.1, 0.15) is 38.7 Å². The van der Waals surface area contributed by atoms with E-state index in [0.717, 1.165) is 19.3 Å². The molecule has 5 heteroatoms. The minimum absolute atomic E-state index is 0.0679. The average molecular weight is 302 g/mol. The number of rotatable bonds is 4. The molecule has 0 N–H and O–H groups in total.